The fourth-order valence-electron chi connectivity index (χ4n) is 1.33. The SMILES string of the molecule is O=C(O)CCCCCOc1cccc(Cl)c1F. The molecule has 0 heterocycles. The monoisotopic (exact) mass is 260 g/mol. The highest BCUT2D eigenvalue weighted by atomic mass is 35.5. The van der Waals surface area contributed by atoms with E-state index in [4.69, 9.17) is 21.4 Å². The zero-order valence-corrected chi connectivity index (χ0v) is 10.0. The number of ether oxygens (including phenoxy) is 1. The largest absolute Gasteiger partial charge is 0.490 e. The van der Waals surface area contributed by atoms with Gasteiger partial charge >= 0.3 is 5.97 Å². The van der Waals surface area contributed by atoms with E-state index in [2.05, 4.69) is 0 Å². The Bertz CT molecular complexity index is 382. The lowest BCUT2D eigenvalue weighted by Crippen LogP contribution is -2.00. The second kappa shape index (κ2) is 7.12. The standard InChI is InChI=1S/C12H14ClFO3/c13-9-5-4-6-10(12(9)14)17-8-3-1-2-7-11(15)16/h4-6H,1-3,7-8H2,(H,15,16). The molecule has 0 atom stereocenters. The average Bonchev–Trinajstić information content (AvgIpc) is 2.28. The summed E-state index contributed by atoms with van der Waals surface area (Å²) in [6.45, 7) is 0.358. The van der Waals surface area contributed by atoms with E-state index in [0.717, 1.165) is 6.42 Å². The van der Waals surface area contributed by atoms with Crippen LogP contribution in [0.5, 0.6) is 5.75 Å². The van der Waals surface area contributed by atoms with Crippen molar-refractivity contribution >= 4 is 17.6 Å². The van der Waals surface area contributed by atoms with E-state index in [1.165, 1.54) is 12.1 Å². The second-order valence-corrected chi connectivity index (χ2v) is 4.01. The quantitative estimate of drug-likeness (QED) is 0.763. The Labute approximate surface area is 104 Å². The molecule has 1 aromatic rings. The van der Waals surface area contributed by atoms with Gasteiger partial charge in [0.05, 0.1) is 11.6 Å². The summed E-state index contributed by atoms with van der Waals surface area (Å²) in [7, 11) is 0. The van der Waals surface area contributed by atoms with Gasteiger partial charge < -0.3 is 9.84 Å². The van der Waals surface area contributed by atoms with E-state index in [-0.39, 0.29) is 17.2 Å². The van der Waals surface area contributed by atoms with Crippen LogP contribution in [0.1, 0.15) is 25.7 Å². The summed E-state index contributed by atoms with van der Waals surface area (Å²) in [4.78, 5) is 10.2. The van der Waals surface area contributed by atoms with E-state index in [1.54, 1.807) is 6.07 Å². The number of unbranched alkanes of at least 4 members (excludes halogenated alkanes) is 2. The predicted octanol–water partition coefficient (Wildman–Crippen LogP) is 3.50. The molecule has 1 N–H and O–H groups in total. The van der Waals surface area contributed by atoms with Gasteiger partial charge in [-0.25, -0.2) is 4.39 Å². The third kappa shape index (κ3) is 5.04. The Morgan fingerprint density at radius 3 is 2.82 bits per heavy atom. The van der Waals surface area contributed by atoms with Gasteiger partial charge in [0.1, 0.15) is 0 Å². The number of hydrogen-bond acceptors (Lipinski definition) is 2. The summed E-state index contributed by atoms with van der Waals surface area (Å²) in [6, 6.07) is 4.58. The van der Waals surface area contributed by atoms with Crippen LogP contribution >= 0.6 is 11.6 Å². The number of hydrogen-bond donors (Lipinski definition) is 1. The highest BCUT2D eigenvalue weighted by Gasteiger charge is 2.06. The van der Waals surface area contributed by atoms with Crippen LogP contribution in [-0.4, -0.2) is 17.7 Å². The molecule has 1 aromatic carbocycles. The van der Waals surface area contributed by atoms with Crippen molar-refractivity contribution in [2.75, 3.05) is 6.61 Å². The third-order valence-electron chi connectivity index (χ3n) is 2.21. The minimum atomic E-state index is -0.799. The fourth-order valence-corrected chi connectivity index (χ4v) is 1.50. The molecular formula is C12H14ClFO3. The van der Waals surface area contributed by atoms with Crippen molar-refractivity contribution < 1.29 is 19.0 Å². The van der Waals surface area contributed by atoms with Crippen molar-refractivity contribution in [2.45, 2.75) is 25.7 Å². The summed E-state index contributed by atoms with van der Waals surface area (Å²) < 4.78 is 18.6. The Balaban J connectivity index is 2.22. The Kier molecular flexibility index (Phi) is 5.77. The number of benzene rings is 1. The lowest BCUT2D eigenvalue weighted by molar-refractivity contribution is -0.137. The molecule has 94 valence electrons. The number of carboxylic acid groups (broad SMARTS) is 1. The molecule has 0 unspecified atom stereocenters. The zero-order chi connectivity index (χ0) is 12.7. The first kappa shape index (κ1) is 13.8. The van der Waals surface area contributed by atoms with Crippen LogP contribution in [0.2, 0.25) is 5.02 Å². The van der Waals surface area contributed by atoms with Gasteiger partial charge in [-0.1, -0.05) is 17.7 Å². The molecule has 0 spiro atoms. The maximum atomic E-state index is 13.3. The highest BCUT2D eigenvalue weighted by molar-refractivity contribution is 6.30. The van der Waals surface area contributed by atoms with Crippen molar-refractivity contribution in [1.29, 1.82) is 0 Å². The summed E-state index contributed by atoms with van der Waals surface area (Å²) in [5.74, 6) is -1.22. The zero-order valence-electron chi connectivity index (χ0n) is 9.29. The summed E-state index contributed by atoms with van der Waals surface area (Å²) in [6.07, 6.45) is 2.20. The number of aliphatic carboxylic acids is 1. The molecule has 0 amide bonds. The normalized spacial score (nSPS) is 10.2. The van der Waals surface area contributed by atoms with Gasteiger partial charge in [-0.15, -0.1) is 0 Å². The van der Waals surface area contributed by atoms with Crippen LogP contribution in [0.25, 0.3) is 0 Å². The summed E-state index contributed by atoms with van der Waals surface area (Å²) in [5, 5.41) is 8.45. The second-order valence-electron chi connectivity index (χ2n) is 3.60. The van der Waals surface area contributed by atoms with Crippen LogP contribution in [0, 0.1) is 5.82 Å². The first-order valence-corrected chi connectivity index (χ1v) is 5.77. The smallest absolute Gasteiger partial charge is 0.303 e. The third-order valence-corrected chi connectivity index (χ3v) is 2.50. The molecule has 0 bridgehead atoms. The Morgan fingerprint density at radius 1 is 1.35 bits per heavy atom. The Morgan fingerprint density at radius 2 is 2.12 bits per heavy atom. The molecule has 3 nitrogen and oxygen atoms in total. The van der Waals surface area contributed by atoms with Crippen LogP contribution in [0.15, 0.2) is 18.2 Å². The maximum Gasteiger partial charge on any atom is 0.303 e. The number of halogens is 2. The van der Waals surface area contributed by atoms with Crippen molar-refractivity contribution in [3.05, 3.63) is 29.0 Å². The van der Waals surface area contributed by atoms with Crippen LogP contribution in [0.3, 0.4) is 0 Å². The molecule has 0 fully saturated rings. The molecule has 17 heavy (non-hydrogen) atoms. The number of rotatable bonds is 7. The van der Waals surface area contributed by atoms with Crippen molar-refractivity contribution in [2.24, 2.45) is 0 Å². The van der Waals surface area contributed by atoms with Crippen molar-refractivity contribution in [1.82, 2.24) is 0 Å². The van der Waals surface area contributed by atoms with Gasteiger partial charge in [-0.2, -0.15) is 0 Å². The van der Waals surface area contributed by atoms with Gasteiger partial charge in [0.15, 0.2) is 11.6 Å². The molecular weight excluding hydrogens is 247 g/mol. The molecule has 5 heteroatoms. The first-order valence-electron chi connectivity index (χ1n) is 5.40. The van der Waals surface area contributed by atoms with Gasteiger partial charge in [-0.3, -0.25) is 4.79 Å². The van der Waals surface area contributed by atoms with Crippen molar-refractivity contribution in [3.63, 3.8) is 0 Å². The van der Waals surface area contributed by atoms with Gasteiger partial charge in [-0.05, 0) is 31.4 Å². The van der Waals surface area contributed by atoms with Gasteiger partial charge in [0.25, 0.3) is 0 Å². The van der Waals surface area contributed by atoms with Crippen molar-refractivity contribution in [3.8, 4) is 5.75 Å². The maximum absolute atomic E-state index is 13.3. The molecule has 0 saturated carbocycles. The van der Waals surface area contributed by atoms with Crippen LogP contribution in [-0.2, 0) is 4.79 Å². The van der Waals surface area contributed by atoms with E-state index < -0.39 is 11.8 Å². The lowest BCUT2D eigenvalue weighted by Gasteiger charge is -2.07. The highest BCUT2D eigenvalue weighted by Crippen LogP contribution is 2.24. The minimum absolute atomic E-state index is 0.0355. The number of carbonyl (C=O) groups is 1. The molecule has 1 rings (SSSR count). The van der Waals surface area contributed by atoms with Crippen LogP contribution in [0.4, 0.5) is 4.39 Å². The molecule has 0 aromatic heterocycles. The molecule has 0 radical (unpaired) electrons. The van der Waals surface area contributed by atoms with Gasteiger partial charge in [0.2, 0.25) is 0 Å². The van der Waals surface area contributed by atoms with E-state index in [0.29, 0.717) is 19.4 Å². The van der Waals surface area contributed by atoms with E-state index >= 15 is 0 Å². The predicted molar refractivity (Wildman–Crippen MR) is 63.0 cm³/mol. The van der Waals surface area contributed by atoms with E-state index in [1.807, 2.05) is 0 Å². The average molecular weight is 261 g/mol. The Hall–Kier alpha value is -1.29. The topological polar surface area (TPSA) is 46.5 Å². The minimum Gasteiger partial charge on any atom is -0.490 e. The lowest BCUT2D eigenvalue weighted by atomic mass is 10.2. The van der Waals surface area contributed by atoms with Crippen LogP contribution < -0.4 is 4.74 Å². The first-order chi connectivity index (χ1) is 8.11. The molecule has 0 aliphatic rings. The molecule has 0 aliphatic carbocycles. The number of carboxylic acids is 1. The molecule has 0 aliphatic heterocycles. The van der Waals surface area contributed by atoms with E-state index in [9.17, 15) is 9.18 Å². The summed E-state index contributed by atoms with van der Waals surface area (Å²) >= 11 is 5.59. The van der Waals surface area contributed by atoms with Gasteiger partial charge in [0, 0.05) is 6.42 Å². The summed E-state index contributed by atoms with van der Waals surface area (Å²) in [5.41, 5.74) is 0. The fraction of sp³-hybridized carbons (Fsp3) is 0.417. The molecule has 0 saturated heterocycles.